The number of carbonyl (C=O) groups is 1. The van der Waals surface area contributed by atoms with Crippen molar-refractivity contribution in [1.29, 1.82) is 0 Å². The number of primary sulfonamides is 1. The minimum atomic E-state index is -4.39. The van der Waals surface area contributed by atoms with Crippen molar-refractivity contribution in [1.82, 2.24) is 5.32 Å². The number of halogens is 2. The van der Waals surface area contributed by atoms with Crippen molar-refractivity contribution >= 4 is 15.9 Å². The van der Waals surface area contributed by atoms with Crippen molar-refractivity contribution < 1.29 is 26.7 Å². The monoisotopic (exact) mass is 308 g/mol. The third-order valence-corrected chi connectivity index (χ3v) is 3.45. The number of rotatable bonds is 5. The molecule has 1 atom stereocenters. The Hall–Kier alpha value is -1.58. The topological polar surface area (TPSA) is 98.5 Å². The van der Waals surface area contributed by atoms with Gasteiger partial charge in [-0.15, -0.1) is 0 Å². The Kier molecular flexibility index (Phi) is 5.15. The van der Waals surface area contributed by atoms with E-state index in [1.165, 1.54) is 7.11 Å². The van der Waals surface area contributed by atoms with Gasteiger partial charge >= 0.3 is 0 Å². The molecule has 0 aliphatic heterocycles. The van der Waals surface area contributed by atoms with E-state index in [2.05, 4.69) is 5.32 Å². The van der Waals surface area contributed by atoms with E-state index in [9.17, 15) is 22.0 Å². The van der Waals surface area contributed by atoms with Crippen LogP contribution in [0.25, 0.3) is 0 Å². The lowest BCUT2D eigenvalue weighted by atomic mass is 10.2. The van der Waals surface area contributed by atoms with Gasteiger partial charge in [0.15, 0.2) is 0 Å². The number of hydrogen-bond donors (Lipinski definition) is 2. The molecule has 3 N–H and O–H groups in total. The number of carbonyl (C=O) groups excluding carboxylic acids is 1. The van der Waals surface area contributed by atoms with E-state index in [0.717, 1.165) is 0 Å². The molecular formula is C11H14F2N2O4S. The Balaban J connectivity index is 3.10. The Morgan fingerprint density at radius 2 is 2.00 bits per heavy atom. The summed E-state index contributed by atoms with van der Waals surface area (Å²) in [7, 11) is -2.96. The van der Waals surface area contributed by atoms with Crippen LogP contribution in [0.5, 0.6) is 0 Å². The van der Waals surface area contributed by atoms with E-state index < -0.39 is 38.0 Å². The molecule has 0 aliphatic carbocycles. The number of hydrogen-bond acceptors (Lipinski definition) is 4. The largest absolute Gasteiger partial charge is 0.380 e. The molecule has 6 nitrogen and oxygen atoms in total. The van der Waals surface area contributed by atoms with Crippen LogP contribution < -0.4 is 10.5 Å². The number of benzene rings is 1. The van der Waals surface area contributed by atoms with Crippen LogP contribution in [-0.4, -0.2) is 34.1 Å². The number of nitrogens with two attached hydrogens (primary N) is 1. The Bertz CT molecular complexity index is 619. The van der Waals surface area contributed by atoms with Gasteiger partial charge in [0.2, 0.25) is 10.0 Å². The maximum atomic E-state index is 13.5. The minimum absolute atomic E-state index is 0.0802. The average Bonchev–Trinajstić information content (AvgIpc) is 2.33. The molecule has 9 heteroatoms. The van der Waals surface area contributed by atoms with Crippen LogP contribution in [0.1, 0.15) is 17.3 Å². The van der Waals surface area contributed by atoms with Gasteiger partial charge in [-0.3, -0.25) is 4.79 Å². The second-order valence-electron chi connectivity index (χ2n) is 4.06. The third-order valence-electron chi connectivity index (χ3n) is 2.53. The summed E-state index contributed by atoms with van der Waals surface area (Å²) < 4.78 is 53.9. The van der Waals surface area contributed by atoms with Crippen LogP contribution in [0, 0.1) is 11.6 Å². The number of methoxy groups -OCH3 is 1. The van der Waals surface area contributed by atoms with Crippen LogP contribution in [0.4, 0.5) is 8.78 Å². The predicted molar refractivity (Wildman–Crippen MR) is 66.5 cm³/mol. The normalized spacial score (nSPS) is 13.1. The molecule has 0 fully saturated rings. The Morgan fingerprint density at radius 3 is 2.50 bits per heavy atom. The zero-order chi connectivity index (χ0) is 15.5. The predicted octanol–water partition coefficient (Wildman–Crippen LogP) is 0.377. The highest BCUT2D eigenvalue weighted by atomic mass is 32.2. The SMILES string of the molecule is COC(C)CNC(=O)c1cc(S(N)(=O)=O)c(F)cc1F. The van der Waals surface area contributed by atoms with Crippen molar-refractivity contribution in [3.63, 3.8) is 0 Å². The van der Waals surface area contributed by atoms with Crippen LogP contribution in [0.2, 0.25) is 0 Å². The molecule has 0 saturated heterocycles. The Morgan fingerprint density at radius 1 is 1.40 bits per heavy atom. The molecule has 0 bridgehead atoms. The summed E-state index contributed by atoms with van der Waals surface area (Å²) in [6.07, 6.45) is -0.319. The molecule has 1 rings (SSSR count). The summed E-state index contributed by atoms with van der Waals surface area (Å²) in [4.78, 5) is 10.8. The highest BCUT2D eigenvalue weighted by Crippen LogP contribution is 2.18. The van der Waals surface area contributed by atoms with E-state index in [4.69, 9.17) is 9.88 Å². The molecule has 0 radical (unpaired) electrons. The first kappa shape index (κ1) is 16.5. The quantitative estimate of drug-likeness (QED) is 0.821. The van der Waals surface area contributed by atoms with Gasteiger partial charge in [0, 0.05) is 19.7 Å². The lowest BCUT2D eigenvalue weighted by Crippen LogP contribution is -2.32. The maximum Gasteiger partial charge on any atom is 0.254 e. The number of ether oxygens (including phenoxy) is 1. The van der Waals surface area contributed by atoms with Crippen molar-refractivity contribution in [2.75, 3.05) is 13.7 Å². The summed E-state index contributed by atoms with van der Waals surface area (Å²) in [6.45, 7) is 1.74. The van der Waals surface area contributed by atoms with Gasteiger partial charge in [-0.1, -0.05) is 0 Å². The average molecular weight is 308 g/mol. The molecule has 1 aromatic rings. The smallest absolute Gasteiger partial charge is 0.254 e. The zero-order valence-corrected chi connectivity index (χ0v) is 11.6. The molecule has 0 aliphatic rings. The number of sulfonamides is 1. The van der Waals surface area contributed by atoms with E-state index in [1.54, 1.807) is 6.92 Å². The third kappa shape index (κ3) is 3.95. The molecule has 0 saturated carbocycles. The van der Waals surface area contributed by atoms with Crippen LogP contribution in [0.15, 0.2) is 17.0 Å². The van der Waals surface area contributed by atoms with E-state index >= 15 is 0 Å². The first-order chi connectivity index (χ1) is 9.16. The summed E-state index contributed by atoms with van der Waals surface area (Å²) in [5, 5.41) is 7.11. The molecular weight excluding hydrogens is 294 g/mol. The second-order valence-corrected chi connectivity index (χ2v) is 5.59. The van der Waals surface area contributed by atoms with Crippen molar-refractivity contribution in [2.24, 2.45) is 5.14 Å². The second kappa shape index (κ2) is 6.25. The molecule has 1 aromatic carbocycles. The van der Waals surface area contributed by atoms with Gasteiger partial charge in [-0.25, -0.2) is 22.3 Å². The summed E-state index contributed by atoms with van der Waals surface area (Å²) in [5.41, 5.74) is -0.612. The van der Waals surface area contributed by atoms with Gasteiger partial charge in [-0.2, -0.15) is 0 Å². The van der Waals surface area contributed by atoms with Gasteiger partial charge in [0.05, 0.1) is 11.7 Å². The van der Waals surface area contributed by atoms with Crippen LogP contribution >= 0.6 is 0 Å². The van der Waals surface area contributed by atoms with E-state index in [-0.39, 0.29) is 12.6 Å². The van der Waals surface area contributed by atoms with Crippen molar-refractivity contribution in [3.05, 3.63) is 29.3 Å². The molecule has 0 heterocycles. The molecule has 20 heavy (non-hydrogen) atoms. The number of nitrogens with one attached hydrogen (secondary N) is 1. The fraction of sp³-hybridized carbons (Fsp3) is 0.364. The molecule has 0 spiro atoms. The maximum absolute atomic E-state index is 13.5. The highest BCUT2D eigenvalue weighted by Gasteiger charge is 2.21. The molecule has 112 valence electrons. The van der Waals surface area contributed by atoms with Gasteiger partial charge < -0.3 is 10.1 Å². The van der Waals surface area contributed by atoms with Gasteiger partial charge in [-0.05, 0) is 13.0 Å². The fourth-order valence-corrected chi connectivity index (χ4v) is 1.95. The lowest BCUT2D eigenvalue weighted by Gasteiger charge is -2.12. The molecule has 1 unspecified atom stereocenters. The van der Waals surface area contributed by atoms with Crippen LogP contribution in [0.3, 0.4) is 0 Å². The molecule has 0 aromatic heterocycles. The van der Waals surface area contributed by atoms with E-state index in [1.807, 2.05) is 0 Å². The van der Waals surface area contributed by atoms with Crippen LogP contribution in [-0.2, 0) is 14.8 Å². The van der Waals surface area contributed by atoms with Gasteiger partial charge in [0.1, 0.15) is 16.5 Å². The summed E-state index contributed by atoms with van der Waals surface area (Å²) >= 11 is 0. The first-order valence-corrected chi connectivity index (χ1v) is 7.04. The summed E-state index contributed by atoms with van der Waals surface area (Å²) in [6, 6.07) is 0.862. The van der Waals surface area contributed by atoms with Gasteiger partial charge in [0.25, 0.3) is 5.91 Å². The lowest BCUT2D eigenvalue weighted by molar-refractivity contribution is 0.0866. The van der Waals surface area contributed by atoms with Crippen molar-refractivity contribution in [2.45, 2.75) is 17.9 Å². The summed E-state index contributed by atoms with van der Waals surface area (Å²) in [5.74, 6) is -3.43. The number of amides is 1. The zero-order valence-electron chi connectivity index (χ0n) is 10.8. The first-order valence-electron chi connectivity index (χ1n) is 5.49. The standard InChI is InChI=1S/C11H14F2N2O4S/c1-6(19-2)5-15-11(16)7-3-10(20(14,17)18)9(13)4-8(7)12/h3-4,6H,5H2,1-2H3,(H,15,16)(H2,14,17,18). The van der Waals surface area contributed by atoms with Crippen molar-refractivity contribution in [3.8, 4) is 0 Å². The van der Waals surface area contributed by atoms with E-state index in [0.29, 0.717) is 12.1 Å². The fourth-order valence-electron chi connectivity index (χ4n) is 1.34. The highest BCUT2D eigenvalue weighted by molar-refractivity contribution is 7.89. The minimum Gasteiger partial charge on any atom is -0.380 e. The molecule has 1 amide bonds. The Labute approximate surface area is 115 Å².